The van der Waals surface area contributed by atoms with Gasteiger partial charge < -0.3 is 19.7 Å². The van der Waals surface area contributed by atoms with E-state index in [1.807, 2.05) is 60.8 Å². The Morgan fingerprint density at radius 1 is 0.971 bits per heavy atom. The lowest BCUT2D eigenvalue weighted by Crippen LogP contribution is -2.30. The largest absolute Gasteiger partial charge is 0.454 e. The summed E-state index contributed by atoms with van der Waals surface area (Å²) < 4.78 is 14.5. The lowest BCUT2D eigenvalue weighted by Gasteiger charge is -2.28. The Balaban J connectivity index is 1.39. The molecule has 2 aromatic carbocycles. The van der Waals surface area contributed by atoms with Crippen molar-refractivity contribution in [2.75, 3.05) is 11.7 Å². The molecule has 2 atom stereocenters. The fourth-order valence-electron chi connectivity index (χ4n) is 4.74. The highest BCUT2D eigenvalue weighted by molar-refractivity contribution is 7.80. The van der Waals surface area contributed by atoms with E-state index < -0.39 is 0 Å². The summed E-state index contributed by atoms with van der Waals surface area (Å²) in [6.45, 7) is 0.224. The van der Waals surface area contributed by atoms with E-state index in [0.29, 0.717) is 10.9 Å². The standard InChI is InChI=1S/C26H19N5O2S2/c34-25-29-23(18-7-3-4-12-27-18)24(31(25)16-10-11-20-21(14-16)33-15-32-20)19-8-5-13-30(19)26-28-17-6-1-2-9-22(17)35-26/h1-14,23-24H,15H2,(H,29,34)/t23-,24-/m0/s1. The molecule has 0 aliphatic carbocycles. The summed E-state index contributed by atoms with van der Waals surface area (Å²) in [6.07, 6.45) is 3.87. The number of pyridine rings is 1. The lowest BCUT2D eigenvalue weighted by molar-refractivity contribution is 0.174. The third kappa shape index (κ3) is 3.35. The summed E-state index contributed by atoms with van der Waals surface area (Å²) in [5.74, 6) is 1.45. The molecule has 0 radical (unpaired) electrons. The monoisotopic (exact) mass is 497 g/mol. The first-order chi connectivity index (χ1) is 17.3. The molecule has 0 spiro atoms. The van der Waals surface area contributed by atoms with Crippen LogP contribution in [-0.2, 0) is 0 Å². The number of rotatable bonds is 4. The summed E-state index contributed by atoms with van der Waals surface area (Å²) in [7, 11) is 0. The van der Waals surface area contributed by atoms with Crippen molar-refractivity contribution < 1.29 is 9.47 Å². The average Bonchev–Trinajstić information content (AvgIpc) is 3.68. The average molecular weight is 498 g/mol. The lowest BCUT2D eigenvalue weighted by atomic mass is 10.0. The van der Waals surface area contributed by atoms with E-state index in [1.165, 1.54) is 0 Å². The number of nitrogens with one attached hydrogen (secondary N) is 1. The molecule has 2 aliphatic heterocycles. The zero-order valence-electron chi connectivity index (χ0n) is 18.4. The number of nitrogens with zero attached hydrogens (tertiary/aromatic N) is 4. The van der Waals surface area contributed by atoms with E-state index in [0.717, 1.165) is 38.2 Å². The van der Waals surface area contributed by atoms with Crippen LogP contribution in [0, 0.1) is 0 Å². The van der Waals surface area contributed by atoms with Gasteiger partial charge in [-0.2, -0.15) is 0 Å². The minimum atomic E-state index is -0.167. The molecule has 3 aromatic heterocycles. The van der Waals surface area contributed by atoms with Gasteiger partial charge in [-0.3, -0.25) is 9.55 Å². The van der Waals surface area contributed by atoms with Crippen LogP contribution in [-0.4, -0.2) is 26.4 Å². The van der Waals surface area contributed by atoms with Gasteiger partial charge in [0.05, 0.1) is 27.6 Å². The molecule has 0 bridgehead atoms. The Labute approximate surface area is 210 Å². The molecule has 35 heavy (non-hydrogen) atoms. The Hall–Kier alpha value is -3.95. The van der Waals surface area contributed by atoms with E-state index in [4.69, 9.17) is 26.7 Å². The molecule has 2 aliphatic rings. The highest BCUT2D eigenvalue weighted by atomic mass is 32.1. The van der Waals surface area contributed by atoms with E-state index in [1.54, 1.807) is 11.3 Å². The zero-order chi connectivity index (χ0) is 23.4. The minimum Gasteiger partial charge on any atom is -0.454 e. The number of hydrogen-bond acceptors (Lipinski definition) is 6. The Kier molecular flexibility index (Phi) is 4.71. The van der Waals surface area contributed by atoms with Crippen molar-refractivity contribution >= 4 is 44.6 Å². The number of hydrogen-bond donors (Lipinski definition) is 1. The molecule has 1 N–H and O–H groups in total. The van der Waals surface area contributed by atoms with Crippen LogP contribution in [0.25, 0.3) is 15.3 Å². The SMILES string of the molecule is S=C1N[C@@H](c2ccccn2)[C@H](c2cccn2-c2nc3ccccc3s2)N1c1ccc2c(c1)OCO2. The van der Waals surface area contributed by atoms with Crippen LogP contribution in [0.2, 0.25) is 0 Å². The van der Waals surface area contributed by atoms with E-state index >= 15 is 0 Å². The molecule has 7 rings (SSSR count). The number of para-hydroxylation sites is 1. The van der Waals surface area contributed by atoms with Crippen LogP contribution in [0.4, 0.5) is 5.69 Å². The highest BCUT2D eigenvalue weighted by Gasteiger charge is 2.42. The quantitative estimate of drug-likeness (QED) is 0.334. The molecule has 0 amide bonds. The highest BCUT2D eigenvalue weighted by Crippen LogP contribution is 2.45. The predicted octanol–water partition coefficient (Wildman–Crippen LogP) is 5.39. The molecular weight excluding hydrogens is 478 g/mol. The Bertz CT molecular complexity index is 1530. The maximum Gasteiger partial charge on any atom is 0.231 e. The molecule has 172 valence electrons. The van der Waals surface area contributed by atoms with Crippen molar-refractivity contribution in [1.29, 1.82) is 0 Å². The topological polar surface area (TPSA) is 64.4 Å². The maximum atomic E-state index is 5.88. The number of thiazole rings is 1. The molecule has 7 nitrogen and oxygen atoms in total. The van der Waals surface area contributed by atoms with Crippen molar-refractivity contribution in [2.24, 2.45) is 0 Å². The normalized spacial score (nSPS) is 18.9. The van der Waals surface area contributed by atoms with Gasteiger partial charge in [-0.05, 0) is 60.7 Å². The van der Waals surface area contributed by atoms with Gasteiger partial charge in [0.1, 0.15) is 6.04 Å². The number of ether oxygens (including phenoxy) is 2. The van der Waals surface area contributed by atoms with Gasteiger partial charge in [-0.25, -0.2) is 4.98 Å². The summed E-state index contributed by atoms with van der Waals surface area (Å²) >= 11 is 7.55. The zero-order valence-corrected chi connectivity index (χ0v) is 20.0. The van der Waals surface area contributed by atoms with Gasteiger partial charge in [0.2, 0.25) is 6.79 Å². The molecular formula is C26H19N5O2S2. The molecule has 5 aromatic rings. The van der Waals surface area contributed by atoms with Gasteiger partial charge in [0.15, 0.2) is 21.7 Å². The second-order valence-electron chi connectivity index (χ2n) is 8.30. The van der Waals surface area contributed by atoms with Gasteiger partial charge in [-0.1, -0.05) is 29.5 Å². The third-order valence-electron chi connectivity index (χ3n) is 6.30. The van der Waals surface area contributed by atoms with Crippen molar-refractivity contribution in [3.63, 3.8) is 0 Å². The Morgan fingerprint density at radius 3 is 2.74 bits per heavy atom. The van der Waals surface area contributed by atoms with Gasteiger partial charge >= 0.3 is 0 Å². The molecule has 0 saturated carbocycles. The molecule has 5 heterocycles. The number of aromatic nitrogens is 3. The first-order valence-corrected chi connectivity index (χ1v) is 12.4. The van der Waals surface area contributed by atoms with Crippen LogP contribution >= 0.6 is 23.6 Å². The summed E-state index contributed by atoms with van der Waals surface area (Å²) in [5, 5.41) is 5.06. The molecule has 0 unspecified atom stereocenters. The Morgan fingerprint density at radius 2 is 1.86 bits per heavy atom. The molecule has 1 saturated heterocycles. The fourth-order valence-corrected chi connectivity index (χ4v) is 6.06. The second kappa shape index (κ2) is 8.07. The van der Waals surface area contributed by atoms with Crippen molar-refractivity contribution in [2.45, 2.75) is 12.1 Å². The number of fused-ring (bicyclic) bond motifs is 2. The van der Waals surface area contributed by atoms with E-state index in [-0.39, 0.29) is 18.9 Å². The maximum absolute atomic E-state index is 5.88. The van der Waals surface area contributed by atoms with E-state index in [9.17, 15) is 0 Å². The fraction of sp³-hybridized carbons (Fsp3) is 0.115. The summed E-state index contributed by atoms with van der Waals surface area (Å²) in [5.41, 5.74) is 3.89. The van der Waals surface area contributed by atoms with E-state index in [2.05, 4.69) is 44.2 Å². The first-order valence-electron chi connectivity index (χ1n) is 11.2. The predicted molar refractivity (Wildman–Crippen MR) is 139 cm³/mol. The number of thiocarbonyl (C=S) groups is 1. The molecule has 9 heteroatoms. The molecule has 1 fully saturated rings. The smallest absolute Gasteiger partial charge is 0.231 e. The second-order valence-corrected chi connectivity index (χ2v) is 9.70. The first kappa shape index (κ1) is 20.4. The van der Waals surface area contributed by atoms with Crippen LogP contribution in [0.5, 0.6) is 11.5 Å². The summed E-state index contributed by atoms with van der Waals surface area (Å²) in [4.78, 5) is 11.7. The van der Waals surface area contributed by atoms with Gasteiger partial charge in [0.25, 0.3) is 0 Å². The number of anilines is 1. The van der Waals surface area contributed by atoms with Crippen LogP contribution < -0.4 is 19.7 Å². The van der Waals surface area contributed by atoms with Crippen LogP contribution in [0.3, 0.4) is 0 Å². The third-order valence-corrected chi connectivity index (χ3v) is 7.65. The minimum absolute atomic E-state index is 0.155. The van der Waals surface area contributed by atoms with Gasteiger partial charge in [0, 0.05) is 24.1 Å². The summed E-state index contributed by atoms with van der Waals surface area (Å²) in [6, 6.07) is 23.9. The van der Waals surface area contributed by atoms with Crippen LogP contribution in [0.15, 0.2) is 85.2 Å². The number of benzene rings is 2. The van der Waals surface area contributed by atoms with Crippen LogP contribution in [0.1, 0.15) is 23.5 Å². The van der Waals surface area contributed by atoms with Crippen molar-refractivity contribution in [1.82, 2.24) is 19.9 Å². The van der Waals surface area contributed by atoms with Crippen molar-refractivity contribution in [3.05, 3.63) is 96.6 Å². The van der Waals surface area contributed by atoms with Gasteiger partial charge in [-0.15, -0.1) is 0 Å². The van der Waals surface area contributed by atoms with Crippen molar-refractivity contribution in [3.8, 4) is 16.6 Å².